The van der Waals surface area contributed by atoms with E-state index in [1.165, 1.54) is 4.88 Å². The summed E-state index contributed by atoms with van der Waals surface area (Å²) in [6.07, 6.45) is 5.82. The molecular formula is C19H15N3O2S. The molecule has 1 aromatic carbocycles. The molecule has 6 heteroatoms. The topological polar surface area (TPSA) is 67.5 Å². The first-order valence-electron chi connectivity index (χ1n) is 7.79. The number of thiazole rings is 1. The number of aromatic nitrogens is 3. The highest BCUT2D eigenvalue weighted by Gasteiger charge is 2.11. The summed E-state index contributed by atoms with van der Waals surface area (Å²) < 4.78 is 2.05. The number of pyridine rings is 1. The van der Waals surface area contributed by atoms with Crippen molar-refractivity contribution in [3.63, 3.8) is 0 Å². The highest BCUT2D eigenvalue weighted by atomic mass is 32.1. The highest BCUT2D eigenvalue weighted by Crippen LogP contribution is 2.23. The van der Waals surface area contributed by atoms with Crippen LogP contribution in [0.15, 0.2) is 36.5 Å². The molecule has 0 radical (unpaired) electrons. The van der Waals surface area contributed by atoms with Crippen LogP contribution in [0, 0.1) is 13.8 Å². The van der Waals surface area contributed by atoms with Crippen LogP contribution in [0.2, 0.25) is 0 Å². The molecule has 0 aliphatic carbocycles. The standard InChI is InChI=1S/C19H15N3O2S/c1-11-10-22-17(12(2)20-19(22)25-11)8-7-13-9-15(18(23)24)14-5-3-4-6-16(14)21-13/h3-10H,1-2H3,(H,23,24). The van der Waals surface area contributed by atoms with E-state index in [-0.39, 0.29) is 5.56 Å². The van der Waals surface area contributed by atoms with Gasteiger partial charge in [0.25, 0.3) is 0 Å². The third kappa shape index (κ3) is 2.70. The molecule has 0 spiro atoms. The number of benzene rings is 1. The van der Waals surface area contributed by atoms with Crippen LogP contribution in [0.4, 0.5) is 0 Å². The molecule has 124 valence electrons. The van der Waals surface area contributed by atoms with Gasteiger partial charge < -0.3 is 5.11 Å². The summed E-state index contributed by atoms with van der Waals surface area (Å²) in [5.74, 6) is -0.954. The van der Waals surface area contributed by atoms with Crippen molar-refractivity contribution >= 4 is 45.3 Å². The predicted molar refractivity (Wildman–Crippen MR) is 100 cm³/mol. The van der Waals surface area contributed by atoms with Gasteiger partial charge in [-0.15, -0.1) is 11.3 Å². The van der Waals surface area contributed by atoms with Crippen LogP contribution in [0.3, 0.4) is 0 Å². The maximum atomic E-state index is 11.6. The lowest BCUT2D eigenvalue weighted by Gasteiger charge is -2.04. The number of carbonyl (C=O) groups is 1. The number of nitrogens with zero attached hydrogens (tertiary/aromatic N) is 3. The Bertz CT molecular complexity index is 1150. The summed E-state index contributed by atoms with van der Waals surface area (Å²) >= 11 is 1.64. The molecule has 0 atom stereocenters. The van der Waals surface area contributed by atoms with Crippen LogP contribution in [0.1, 0.15) is 32.3 Å². The SMILES string of the molecule is Cc1cn2c(C=Cc3cc(C(=O)O)c4ccccc4n3)c(C)nc2s1. The smallest absolute Gasteiger partial charge is 0.336 e. The number of aryl methyl sites for hydroxylation is 2. The van der Waals surface area contributed by atoms with Crippen molar-refractivity contribution in [2.24, 2.45) is 0 Å². The first kappa shape index (κ1) is 15.5. The molecule has 4 rings (SSSR count). The lowest BCUT2D eigenvalue weighted by atomic mass is 10.1. The summed E-state index contributed by atoms with van der Waals surface area (Å²) in [5, 5.41) is 10.1. The van der Waals surface area contributed by atoms with Gasteiger partial charge in [0, 0.05) is 16.5 Å². The van der Waals surface area contributed by atoms with Gasteiger partial charge in [0.05, 0.1) is 28.2 Å². The molecule has 3 aromatic heterocycles. The van der Waals surface area contributed by atoms with Crippen LogP contribution in [0.5, 0.6) is 0 Å². The Morgan fingerprint density at radius 3 is 2.80 bits per heavy atom. The molecule has 1 N–H and O–H groups in total. The number of fused-ring (bicyclic) bond motifs is 2. The molecule has 0 amide bonds. The Hall–Kier alpha value is -2.99. The molecule has 0 fully saturated rings. The van der Waals surface area contributed by atoms with E-state index in [4.69, 9.17) is 0 Å². The number of rotatable bonds is 3. The Balaban J connectivity index is 1.83. The lowest BCUT2D eigenvalue weighted by molar-refractivity contribution is 0.0699. The fraction of sp³-hybridized carbons (Fsp3) is 0.105. The molecule has 0 unspecified atom stereocenters. The molecule has 0 bridgehead atoms. The number of hydrogen-bond donors (Lipinski definition) is 1. The van der Waals surface area contributed by atoms with Gasteiger partial charge in [-0.25, -0.2) is 14.8 Å². The molecule has 0 aliphatic heterocycles. The van der Waals surface area contributed by atoms with Gasteiger partial charge in [-0.3, -0.25) is 4.40 Å². The van der Waals surface area contributed by atoms with Gasteiger partial charge in [-0.2, -0.15) is 0 Å². The molecule has 0 aliphatic rings. The molecule has 25 heavy (non-hydrogen) atoms. The second-order valence-electron chi connectivity index (χ2n) is 5.83. The van der Waals surface area contributed by atoms with Crippen LogP contribution < -0.4 is 0 Å². The van der Waals surface area contributed by atoms with E-state index in [0.717, 1.165) is 16.3 Å². The minimum atomic E-state index is -0.954. The molecule has 4 aromatic rings. The van der Waals surface area contributed by atoms with E-state index < -0.39 is 5.97 Å². The largest absolute Gasteiger partial charge is 0.478 e. The van der Waals surface area contributed by atoms with Crippen molar-refractivity contribution in [1.29, 1.82) is 0 Å². The average molecular weight is 349 g/mol. The number of aromatic carboxylic acids is 1. The van der Waals surface area contributed by atoms with Crippen molar-refractivity contribution in [1.82, 2.24) is 14.4 Å². The third-order valence-electron chi connectivity index (χ3n) is 4.04. The van der Waals surface area contributed by atoms with Gasteiger partial charge >= 0.3 is 5.97 Å². The zero-order chi connectivity index (χ0) is 17.6. The van der Waals surface area contributed by atoms with Crippen molar-refractivity contribution in [2.75, 3.05) is 0 Å². The summed E-state index contributed by atoms with van der Waals surface area (Å²) in [4.78, 5) is 22.8. The molecule has 5 nitrogen and oxygen atoms in total. The second-order valence-corrected chi connectivity index (χ2v) is 7.04. The number of para-hydroxylation sites is 1. The summed E-state index contributed by atoms with van der Waals surface area (Å²) in [7, 11) is 0. The first-order valence-corrected chi connectivity index (χ1v) is 8.61. The van der Waals surface area contributed by atoms with Crippen molar-refractivity contribution in [2.45, 2.75) is 13.8 Å². The van der Waals surface area contributed by atoms with Gasteiger partial charge in [-0.1, -0.05) is 18.2 Å². The summed E-state index contributed by atoms with van der Waals surface area (Å²) in [6, 6.07) is 8.87. The van der Waals surface area contributed by atoms with Crippen LogP contribution in [-0.2, 0) is 0 Å². The zero-order valence-electron chi connectivity index (χ0n) is 13.7. The molecule has 0 saturated heterocycles. The van der Waals surface area contributed by atoms with Crippen molar-refractivity contribution in [3.05, 3.63) is 64.1 Å². The van der Waals surface area contributed by atoms with Gasteiger partial charge in [0.15, 0.2) is 4.96 Å². The molecular weight excluding hydrogens is 334 g/mol. The fourth-order valence-electron chi connectivity index (χ4n) is 2.90. The van der Waals surface area contributed by atoms with Crippen molar-refractivity contribution in [3.8, 4) is 0 Å². The second kappa shape index (κ2) is 5.82. The number of imidazole rings is 1. The highest BCUT2D eigenvalue weighted by molar-refractivity contribution is 7.17. The molecule has 0 saturated carbocycles. The first-order chi connectivity index (χ1) is 12.0. The Morgan fingerprint density at radius 1 is 1.20 bits per heavy atom. The van der Waals surface area contributed by atoms with Crippen LogP contribution >= 0.6 is 11.3 Å². The number of carboxylic acids is 1. The van der Waals surface area contributed by atoms with E-state index in [2.05, 4.69) is 16.2 Å². The van der Waals surface area contributed by atoms with E-state index in [9.17, 15) is 9.90 Å². The quantitative estimate of drug-likeness (QED) is 0.594. The third-order valence-corrected chi connectivity index (χ3v) is 4.94. The Morgan fingerprint density at radius 2 is 2.00 bits per heavy atom. The van der Waals surface area contributed by atoms with Crippen LogP contribution in [0.25, 0.3) is 28.0 Å². The van der Waals surface area contributed by atoms with Gasteiger partial charge in [0.1, 0.15) is 0 Å². The maximum Gasteiger partial charge on any atom is 0.336 e. The van der Waals surface area contributed by atoms with Crippen molar-refractivity contribution < 1.29 is 9.90 Å². The maximum absolute atomic E-state index is 11.6. The Labute approximate surface area is 147 Å². The zero-order valence-corrected chi connectivity index (χ0v) is 14.5. The van der Waals surface area contributed by atoms with Gasteiger partial charge in [-0.05, 0) is 38.1 Å². The minimum Gasteiger partial charge on any atom is -0.478 e. The van der Waals surface area contributed by atoms with Gasteiger partial charge in [0.2, 0.25) is 0 Å². The Kier molecular flexibility index (Phi) is 3.62. The average Bonchev–Trinajstić information content (AvgIpc) is 3.07. The lowest BCUT2D eigenvalue weighted by Crippen LogP contribution is -2.00. The minimum absolute atomic E-state index is 0.256. The van der Waals surface area contributed by atoms with E-state index in [0.29, 0.717) is 16.6 Å². The summed E-state index contributed by atoms with van der Waals surface area (Å²) in [5.41, 5.74) is 3.45. The number of carboxylic acid groups (broad SMARTS) is 1. The van der Waals surface area contributed by atoms with E-state index >= 15 is 0 Å². The van der Waals surface area contributed by atoms with E-state index in [1.54, 1.807) is 23.5 Å². The predicted octanol–water partition coefficient (Wildman–Crippen LogP) is 4.43. The monoisotopic (exact) mass is 349 g/mol. The van der Waals surface area contributed by atoms with Crippen LogP contribution in [-0.4, -0.2) is 25.4 Å². The normalized spacial score (nSPS) is 11.8. The van der Waals surface area contributed by atoms with E-state index in [1.807, 2.05) is 48.6 Å². The molecule has 3 heterocycles. The summed E-state index contributed by atoms with van der Waals surface area (Å²) in [6.45, 7) is 4.01. The fourth-order valence-corrected chi connectivity index (χ4v) is 3.78. The number of hydrogen-bond acceptors (Lipinski definition) is 4.